The highest BCUT2D eigenvalue weighted by Crippen LogP contribution is 2.34. The highest BCUT2D eigenvalue weighted by molar-refractivity contribution is 7.10. The van der Waals surface area contributed by atoms with E-state index in [0.29, 0.717) is 18.8 Å². The van der Waals surface area contributed by atoms with Crippen LogP contribution in [0.1, 0.15) is 36.2 Å². The van der Waals surface area contributed by atoms with Gasteiger partial charge in [-0.05, 0) is 55.3 Å². The van der Waals surface area contributed by atoms with E-state index in [0.717, 1.165) is 24.8 Å². The lowest BCUT2D eigenvalue weighted by molar-refractivity contribution is -0.135. The van der Waals surface area contributed by atoms with Crippen LogP contribution in [0, 0.1) is 5.82 Å². The fourth-order valence-electron chi connectivity index (χ4n) is 3.85. The van der Waals surface area contributed by atoms with Gasteiger partial charge in [-0.15, -0.1) is 11.3 Å². The molecule has 0 spiro atoms. The van der Waals surface area contributed by atoms with Crippen LogP contribution in [0.5, 0.6) is 5.75 Å². The minimum Gasteiger partial charge on any atom is -0.491 e. The first-order valence-corrected chi connectivity index (χ1v) is 11.2. The van der Waals surface area contributed by atoms with Gasteiger partial charge in [0.15, 0.2) is 0 Å². The van der Waals surface area contributed by atoms with E-state index >= 15 is 0 Å². The zero-order valence-corrected chi connectivity index (χ0v) is 17.8. The number of carbonyl (C=O) groups is 2. The van der Waals surface area contributed by atoms with Crippen molar-refractivity contribution in [1.82, 2.24) is 15.1 Å². The van der Waals surface area contributed by atoms with Crippen molar-refractivity contribution in [2.45, 2.75) is 38.3 Å². The Labute approximate surface area is 179 Å². The largest absolute Gasteiger partial charge is 0.491 e. The molecule has 2 aliphatic rings. The van der Waals surface area contributed by atoms with Gasteiger partial charge in [-0.1, -0.05) is 6.07 Å². The summed E-state index contributed by atoms with van der Waals surface area (Å²) in [6.45, 7) is 3.28. The maximum absolute atomic E-state index is 13.5. The van der Waals surface area contributed by atoms with Gasteiger partial charge in [-0.25, -0.2) is 9.18 Å². The second-order valence-corrected chi connectivity index (χ2v) is 8.62. The summed E-state index contributed by atoms with van der Waals surface area (Å²) in [6, 6.07) is 7.74. The molecule has 1 aliphatic carbocycles. The molecule has 0 saturated heterocycles. The molecule has 1 fully saturated rings. The molecule has 4 rings (SSSR count). The standard InChI is InChI=1S/C22H26FN3O3S/c1-2-24-22(28)26(16-6-7-16)13-21(27)25-10-8-20-18(9-11-30-20)19(25)14-29-17-5-3-4-15(23)12-17/h3-5,9,11-12,16,19H,2,6-8,10,13-14H2,1H3,(H,24,28)/t19-/m0/s1. The van der Waals surface area contributed by atoms with Crippen molar-refractivity contribution >= 4 is 23.3 Å². The van der Waals surface area contributed by atoms with Crippen molar-refractivity contribution in [2.75, 3.05) is 26.2 Å². The molecule has 1 aromatic heterocycles. The maximum Gasteiger partial charge on any atom is 0.318 e. The third kappa shape index (κ3) is 4.59. The number of nitrogens with zero attached hydrogens (tertiary/aromatic N) is 2. The Morgan fingerprint density at radius 1 is 1.33 bits per heavy atom. The van der Waals surface area contributed by atoms with Gasteiger partial charge in [0.2, 0.25) is 5.91 Å². The Balaban J connectivity index is 1.50. The molecule has 30 heavy (non-hydrogen) atoms. The van der Waals surface area contributed by atoms with Crippen LogP contribution in [0.15, 0.2) is 35.7 Å². The first-order chi connectivity index (χ1) is 14.6. The van der Waals surface area contributed by atoms with Gasteiger partial charge in [-0.3, -0.25) is 4.79 Å². The lowest BCUT2D eigenvalue weighted by atomic mass is 10.0. The van der Waals surface area contributed by atoms with E-state index in [9.17, 15) is 14.0 Å². The molecule has 1 aliphatic heterocycles. The topological polar surface area (TPSA) is 61.9 Å². The molecule has 0 radical (unpaired) electrons. The van der Waals surface area contributed by atoms with E-state index in [4.69, 9.17) is 4.74 Å². The van der Waals surface area contributed by atoms with Gasteiger partial charge >= 0.3 is 6.03 Å². The molecule has 6 nitrogen and oxygen atoms in total. The average Bonchev–Trinajstić information content (AvgIpc) is 3.46. The Bertz CT molecular complexity index is 915. The summed E-state index contributed by atoms with van der Waals surface area (Å²) in [5.74, 6) is -0.00756. The monoisotopic (exact) mass is 431 g/mol. The zero-order chi connectivity index (χ0) is 21.1. The third-order valence-corrected chi connectivity index (χ3v) is 6.50. The van der Waals surface area contributed by atoms with Crippen LogP contribution in [0.3, 0.4) is 0 Å². The quantitative estimate of drug-likeness (QED) is 0.729. The molecular formula is C22H26FN3O3S. The number of ether oxygens (including phenoxy) is 1. The summed E-state index contributed by atoms with van der Waals surface area (Å²) in [5.41, 5.74) is 1.08. The number of benzene rings is 1. The van der Waals surface area contributed by atoms with Crippen LogP contribution in [0.4, 0.5) is 9.18 Å². The fraction of sp³-hybridized carbons (Fsp3) is 0.455. The van der Waals surface area contributed by atoms with Crippen molar-refractivity contribution in [2.24, 2.45) is 0 Å². The minimum absolute atomic E-state index is 0.0619. The number of amides is 3. The Hall–Kier alpha value is -2.61. The molecule has 3 amide bonds. The minimum atomic E-state index is -0.359. The number of thiophene rings is 1. The highest BCUT2D eigenvalue weighted by Gasteiger charge is 2.37. The van der Waals surface area contributed by atoms with E-state index in [1.54, 1.807) is 28.4 Å². The molecule has 160 valence electrons. The summed E-state index contributed by atoms with van der Waals surface area (Å²) in [5, 5.41) is 4.83. The van der Waals surface area contributed by atoms with Gasteiger partial charge in [0.05, 0.1) is 6.04 Å². The average molecular weight is 432 g/mol. The second kappa shape index (κ2) is 9.04. The lowest BCUT2D eigenvalue weighted by Gasteiger charge is -2.37. The van der Waals surface area contributed by atoms with Crippen LogP contribution in [0.2, 0.25) is 0 Å². The number of rotatable bonds is 7. The normalized spacial score (nSPS) is 17.9. The van der Waals surface area contributed by atoms with E-state index in [1.165, 1.54) is 17.0 Å². The number of nitrogens with one attached hydrogen (secondary N) is 1. The zero-order valence-electron chi connectivity index (χ0n) is 17.0. The highest BCUT2D eigenvalue weighted by atomic mass is 32.1. The molecule has 0 unspecified atom stereocenters. The van der Waals surface area contributed by atoms with Crippen molar-refractivity contribution < 1.29 is 18.7 Å². The van der Waals surface area contributed by atoms with Gasteiger partial charge < -0.3 is 19.9 Å². The van der Waals surface area contributed by atoms with Gasteiger partial charge in [0, 0.05) is 30.1 Å². The molecule has 1 aromatic carbocycles. The van der Waals surface area contributed by atoms with Crippen LogP contribution in [-0.2, 0) is 11.2 Å². The number of hydrogen-bond donors (Lipinski definition) is 1. The lowest BCUT2D eigenvalue weighted by Crippen LogP contribution is -2.50. The Morgan fingerprint density at radius 3 is 2.90 bits per heavy atom. The number of halogens is 1. The van der Waals surface area contributed by atoms with Gasteiger partial charge in [0.25, 0.3) is 0 Å². The predicted octanol–water partition coefficient (Wildman–Crippen LogP) is 3.59. The maximum atomic E-state index is 13.5. The first kappa shape index (κ1) is 20.7. The van der Waals surface area contributed by atoms with E-state index < -0.39 is 0 Å². The van der Waals surface area contributed by atoms with Crippen LogP contribution >= 0.6 is 11.3 Å². The molecule has 1 N–H and O–H groups in total. The molecule has 2 aromatic rings. The number of urea groups is 1. The summed E-state index contributed by atoms with van der Waals surface area (Å²) in [4.78, 5) is 30.4. The van der Waals surface area contributed by atoms with Crippen molar-refractivity contribution in [3.05, 3.63) is 52.0 Å². The SMILES string of the molecule is CCNC(=O)N(CC(=O)N1CCc2sccc2[C@@H]1COc1cccc(F)c1)C1CC1. The molecule has 0 bridgehead atoms. The molecule has 1 saturated carbocycles. The third-order valence-electron chi connectivity index (χ3n) is 5.50. The molecule has 1 atom stereocenters. The Kier molecular flexibility index (Phi) is 6.22. The molecule has 2 heterocycles. The van der Waals surface area contributed by atoms with Crippen molar-refractivity contribution in [3.63, 3.8) is 0 Å². The summed E-state index contributed by atoms with van der Waals surface area (Å²) in [7, 11) is 0. The van der Waals surface area contributed by atoms with E-state index in [-0.39, 0.29) is 43.0 Å². The molecule has 8 heteroatoms. The summed E-state index contributed by atoms with van der Waals surface area (Å²) in [6.07, 6.45) is 2.66. The smallest absolute Gasteiger partial charge is 0.318 e. The predicted molar refractivity (Wildman–Crippen MR) is 113 cm³/mol. The second-order valence-electron chi connectivity index (χ2n) is 7.61. The van der Waals surface area contributed by atoms with Gasteiger partial charge in [0.1, 0.15) is 24.7 Å². The van der Waals surface area contributed by atoms with Crippen LogP contribution in [-0.4, -0.2) is 54.0 Å². The number of hydrogen-bond acceptors (Lipinski definition) is 4. The van der Waals surface area contributed by atoms with Gasteiger partial charge in [-0.2, -0.15) is 0 Å². The summed E-state index contributed by atoms with van der Waals surface area (Å²) >= 11 is 1.68. The summed E-state index contributed by atoms with van der Waals surface area (Å²) < 4.78 is 19.4. The van der Waals surface area contributed by atoms with Crippen LogP contribution in [0.25, 0.3) is 0 Å². The van der Waals surface area contributed by atoms with E-state index in [1.807, 2.05) is 23.3 Å². The Morgan fingerprint density at radius 2 is 2.17 bits per heavy atom. The molecular weight excluding hydrogens is 405 g/mol. The van der Waals surface area contributed by atoms with Crippen LogP contribution < -0.4 is 10.1 Å². The first-order valence-electron chi connectivity index (χ1n) is 10.4. The van der Waals surface area contributed by atoms with Crippen molar-refractivity contribution in [1.29, 1.82) is 0 Å². The van der Waals surface area contributed by atoms with Crippen molar-refractivity contribution in [3.8, 4) is 5.75 Å². The number of carbonyl (C=O) groups excluding carboxylic acids is 2. The van der Waals surface area contributed by atoms with E-state index in [2.05, 4.69) is 5.32 Å². The fourth-order valence-corrected chi connectivity index (χ4v) is 4.78. The number of fused-ring (bicyclic) bond motifs is 1.